The molecule has 2 fully saturated rings. The van der Waals surface area contributed by atoms with Crippen LogP contribution in [0.1, 0.15) is 45.4 Å². The molecular weight excluding hydrogens is 184 g/mol. The van der Waals surface area contributed by atoms with Crippen LogP contribution in [0.3, 0.4) is 0 Å². The zero-order valence-electron chi connectivity index (χ0n) is 8.73. The van der Waals surface area contributed by atoms with Crippen molar-refractivity contribution in [2.24, 2.45) is 5.92 Å². The van der Waals surface area contributed by atoms with Gasteiger partial charge < -0.3 is 5.32 Å². The minimum Gasteiger partial charge on any atom is -0.311 e. The Morgan fingerprint density at radius 1 is 1.29 bits per heavy atom. The van der Waals surface area contributed by atoms with Crippen LogP contribution in [0, 0.1) is 5.92 Å². The van der Waals surface area contributed by atoms with Crippen LogP contribution in [0.2, 0.25) is 0 Å². The second-order valence-corrected chi connectivity index (χ2v) is 4.94. The third kappa shape index (κ3) is 2.25. The topological polar surface area (TPSA) is 12.0 Å². The van der Waals surface area contributed by atoms with E-state index in [-0.39, 0.29) is 18.9 Å². The highest BCUT2D eigenvalue weighted by atomic mass is 19.3. The van der Waals surface area contributed by atoms with Crippen molar-refractivity contribution in [3.05, 3.63) is 0 Å². The zero-order chi connectivity index (χ0) is 10.2. The Morgan fingerprint density at radius 3 is 2.43 bits per heavy atom. The monoisotopic (exact) mass is 203 g/mol. The number of rotatable bonds is 3. The lowest BCUT2D eigenvalue weighted by Gasteiger charge is -2.33. The van der Waals surface area contributed by atoms with Gasteiger partial charge in [0, 0.05) is 24.9 Å². The van der Waals surface area contributed by atoms with Crippen molar-refractivity contribution in [1.82, 2.24) is 5.32 Å². The molecule has 2 rings (SSSR count). The molecule has 2 atom stereocenters. The maximum Gasteiger partial charge on any atom is 0.249 e. The Bertz CT molecular complexity index is 201. The van der Waals surface area contributed by atoms with Crippen LogP contribution in [-0.4, -0.2) is 18.0 Å². The highest BCUT2D eigenvalue weighted by molar-refractivity contribution is 4.89. The average molecular weight is 203 g/mol. The Balaban J connectivity index is 1.75. The summed E-state index contributed by atoms with van der Waals surface area (Å²) < 4.78 is 25.8. The van der Waals surface area contributed by atoms with Crippen molar-refractivity contribution < 1.29 is 8.78 Å². The van der Waals surface area contributed by atoms with Gasteiger partial charge in [-0.1, -0.05) is 6.42 Å². The van der Waals surface area contributed by atoms with Gasteiger partial charge in [-0.15, -0.1) is 0 Å². The average Bonchev–Trinajstić information content (AvgIpc) is 2.25. The van der Waals surface area contributed by atoms with Gasteiger partial charge in [-0.2, -0.15) is 0 Å². The molecule has 0 aromatic heterocycles. The van der Waals surface area contributed by atoms with Gasteiger partial charge in [0.1, 0.15) is 0 Å². The molecule has 2 saturated carbocycles. The van der Waals surface area contributed by atoms with Crippen molar-refractivity contribution in [2.45, 2.75) is 63.5 Å². The molecule has 2 aliphatic rings. The second kappa shape index (κ2) is 3.76. The lowest BCUT2D eigenvalue weighted by molar-refractivity contribution is 0.00620. The molecule has 2 unspecified atom stereocenters. The smallest absolute Gasteiger partial charge is 0.249 e. The highest BCUT2D eigenvalue weighted by Gasteiger charge is 2.40. The highest BCUT2D eigenvalue weighted by Crippen LogP contribution is 2.36. The molecular formula is C11H19F2N. The predicted octanol–water partition coefficient (Wildman–Crippen LogP) is 2.95. The fourth-order valence-corrected chi connectivity index (χ4v) is 2.54. The van der Waals surface area contributed by atoms with Crippen LogP contribution in [0.15, 0.2) is 0 Å². The minimum absolute atomic E-state index is 0.0457. The van der Waals surface area contributed by atoms with Gasteiger partial charge in [0.25, 0.3) is 0 Å². The van der Waals surface area contributed by atoms with Crippen molar-refractivity contribution in [2.75, 3.05) is 0 Å². The molecule has 0 saturated heterocycles. The number of nitrogens with one attached hydrogen (secondary N) is 1. The van der Waals surface area contributed by atoms with E-state index in [9.17, 15) is 8.78 Å². The zero-order valence-corrected chi connectivity index (χ0v) is 8.73. The summed E-state index contributed by atoms with van der Waals surface area (Å²) in [6.07, 6.45) is 4.63. The first-order valence-corrected chi connectivity index (χ1v) is 5.71. The second-order valence-electron chi connectivity index (χ2n) is 4.94. The Hall–Kier alpha value is -0.180. The molecule has 0 radical (unpaired) electrons. The quantitative estimate of drug-likeness (QED) is 0.743. The molecule has 0 spiro atoms. The number of alkyl halides is 2. The normalized spacial score (nSPS) is 34.1. The van der Waals surface area contributed by atoms with Crippen molar-refractivity contribution in [3.8, 4) is 0 Å². The molecule has 1 nitrogen and oxygen atoms in total. The van der Waals surface area contributed by atoms with E-state index in [0.717, 1.165) is 5.92 Å². The Morgan fingerprint density at radius 2 is 2.00 bits per heavy atom. The van der Waals surface area contributed by atoms with E-state index in [1.165, 1.54) is 19.3 Å². The molecule has 0 aliphatic heterocycles. The van der Waals surface area contributed by atoms with Crippen molar-refractivity contribution in [3.63, 3.8) is 0 Å². The predicted molar refractivity (Wildman–Crippen MR) is 52.5 cm³/mol. The molecule has 14 heavy (non-hydrogen) atoms. The van der Waals surface area contributed by atoms with E-state index in [1.807, 2.05) is 0 Å². The summed E-state index contributed by atoms with van der Waals surface area (Å²) in [5.41, 5.74) is 0. The summed E-state index contributed by atoms with van der Waals surface area (Å²) in [4.78, 5) is 0. The van der Waals surface area contributed by atoms with Gasteiger partial charge >= 0.3 is 0 Å². The van der Waals surface area contributed by atoms with E-state index in [1.54, 1.807) is 0 Å². The fourth-order valence-electron chi connectivity index (χ4n) is 2.54. The molecule has 0 heterocycles. The molecule has 82 valence electrons. The Labute approximate surface area is 84.3 Å². The van der Waals surface area contributed by atoms with E-state index >= 15 is 0 Å². The summed E-state index contributed by atoms with van der Waals surface area (Å²) in [6.45, 7) is 2.14. The molecule has 2 aliphatic carbocycles. The third-order valence-electron chi connectivity index (χ3n) is 3.76. The van der Waals surface area contributed by atoms with Crippen LogP contribution in [0.25, 0.3) is 0 Å². The Kier molecular flexibility index (Phi) is 2.78. The first kappa shape index (κ1) is 10.3. The van der Waals surface area contributed by atoms with Gasteiger partial charge in [0.05, 0.1) is 0 Å². The maximum atomic E-state index is 12.9. The van der Waals surface area contributed by atoms with Crippen molar-refractivity contribution >= 4 is 0 Å². The number of hydrogen-bond acceptors (Lipinski definition) is 1. The molecule has 0 aromatic rings. The summed E-state index contributed by atoms with van der Waals surface area (Å²) in [5, 5.41) is 3.36. The van der Waals surface area contributed by atoms with E-state index < -0.39 is 5.92 Å². The van der Waals surface area contributed by atoms with E-state index in [0.29, 0.717) is 12.5 Å². The summed E-state index contributed by atoms with van der Waals surface area (Å²) in [7, 11) is 0. The summed E-state index contributed by atoms with van der Waals surface area (Å²) >= 11 is 0. The van der Waals surface area contributed by atoms with Gasteiger partial charge in [-0.3, -0.25) is 0 Å². The van der Waals surface area contributed by atoms with Crippen LogP contribution < -0.4 is 5.32 Å². The minimum atomic E-state index is -2.41. The van der Waals surface area contributed by atoms with Gasteiger partial charge in [-0.25, -0.2) is 8.78 Å². The number of halogens is 2. The lowest BCUT2D eigenvalue weighted by atomic mass is 9.80. The van der Waals surface area contributed by atoms with E-state index in [2.05, 4.69) is 12.2 Å². The molecule has 0 amide bonds. The lowest BCUT2D eigenvalue weighted by Crippen LogP contribution is -2.42. The van der Waals surface area contributed by atoms with Crippen LogP contribution in [-0.2, 0) is 0 Å². The standard InChI is InChI=1S/C11H19F2N/c1-8(9-3-2-4-9)14-10-5-6-11(12,13)7-10/h8-10,14H,2-7H2,1H3. The van der Waals surface area contributed by atoms with Crippen LogP contribution >= 0.6 is 0 Å². The molecule has 1 N–H and O–H groups in total. The van der Waals surface area contributed by atoms with Gasteiger partial charge in [0.2, 0.25) is 5.92 Å². The van der Waals surface area contributed by atoms with Crippen LogP contribution in [0.5, 0.6) is 0 Å². The number of hydrogen-bond donors (Lipinski definition) is 1. The fraction of sp³-hybridized carbons (Fsp3) is 1.00. The molecule has 3 heteroatoms. The largest absolute Gasteiger partial charge is 0.311 e. The van der Waals surface area contributed by atoms with Crippen molar-refractivity contribution in [1.29, 1.82) is 0 Å². The summed E-state index contributed by atoms with van der Waals surface area (Å²) in [6, 6.07) is 0.489. The first-order valence-electron chi connectivity index (χ1n) is 5.71. The first-order chi connectivity index (χ1) is 6.57. The van der Waals surface area contributed by atoms with E-state index in [4.69, 9.17) is 0 Å². The molecule has 0 bridgehead atoms. The van der Waals surface area contributed by atoms with Gasteiger partial charge in [0.15, 0.2) is 0 Å². The summed E-state index contributed by atoms with van der Waals surface area (Å²) in [5.74, 6) is -1.67. The van der Waals surface area contributed by atoms with Crippen LogP contribution in [0.4, 0.5) is 8.78 Å². The maximum absolute atomic E-state index is 12.9. The molecule has 0 aromatic carbocycles. The third-order valence-corrected chi connectivity index (χ3v) is 3.76. The SMILES string of the molecule is CC(NC1CCC(F)(F)C1)C1CCC1. The van der Waals surface area contributed by atoms with Gasteiger partial charge in [-0.05, 0) is 32.1 Å².